The van der Waals surface area contributed by atoms with Crippen LogP contribution in [0.15, 0.2) is 18.3 Å². The second kappa shape index (κ2) is 8.97. The molecule has 2 rings (SSSR count). The predicted octanol–water partition coefficient (Wildman–Crippen LogP) is 2.01. The number of aromatic nitrogens is 1. The average molecular weight is 319 g/mol. The molecule has 1 aliphatic carbocycles. The van der Waals surface area contributed by atoms with Crippen molar-refractivity contribution in [3.8, 4) is 0 Å². The SMILES string of the molecule is Nc1ccc(NC(=O)CCCNC(=O)NC2CCCCC2)cn1. The van der Waals surface area contributed by atoms with E-state index in [4.69, 9.17) is 5.73 Å². The second-order valence-electron chi connectivity index (χ2n) is 5.86. The molecule has 1 aromatic rings. The van der Waals surface area contributed by atoms with Crippen LogP contribution >= 0.6 is 0 Å². The molecular weight excluding hydrogens is 294 g/mol. The number of carbonyl (C=O) groups excluding carboxylic acids is 2. The van der Waals surface area contributed by atoms with Gasteiger partial charge in [-0.2, -0.15) is 0 Å². The number of amides is 3. The Bertz CT molecular complexity index is 512. The summed E-state index contributed by atoms with van der Waals surface area (Å²) in [5.41, 5.74) is 6.10. The summed E-state index contributed by atoms with van der Waals surface area (Å²) in [4.78, 5) is 27.4. The lowest BCUT2D eigenvalue weighted by atomic mass is 9.96. The Balaban J connectivity index is 1.56. The van der Waals surface area contributed by atoms with Crippen molar-refractivity contribution in [1.82, 2.24) is 15.6 Å². The molecule has 1 aromatic heterocycles. The Kier molecular flexibility index (Phi) is 6.65. The number of pyridine rings is 1. The van der Waals surface area contributed by atoms with Crippen LogP contribution in [0.4, 0.5) is 16.3 Å². The second-order valence-corrected chi connectivity index (χ2v) is 5.86. The molecule has 0 unspecified atom stereocenters. The Hall–Kier alpha value is -2.31. The first-order valence-corrected chi connectivity index (χ1v) is 8.19. The van der Waals surface area contributed by atoms with Crippen molar-refractivity contribution in [2.45, 2.75) is 51.0 Å². The van der Waals surface area contributed by atoms with Gasteiger partial charge in [0, 0.05) is 19.0 Å². The first-order valence-electron chi connectivity index (χ1n) is 8.19. The van der Waals surface area contributed by atoms with Gasteiger partial charge in [0.15, 0.2) is 0 Å². The van der Waals surface area contributed by atoms with Crippen LogP contribution < -0.4 is 21.7 Å². The molecule has 7 nitrogen and oxygen atoms in total. The first kappa shape index (κ1) is 17.1. The number of rotatable bonds is 6. The fourth-order valence-corrected chi connectivity index (χ4v) is 2.64. The van der Waals surface area contributed by atoms with Crippen molar-refractivity contribution < 1.29 is 9.59 Å². The minimum atomic E-state index is -0.139. The molecule has 0 radical (unpaired) electrons. The Morgan fingerprint density at radius 1 is 1.22 bits per heavy atom. The van der Waals surface area contributed by atoms with E-state index in [0.29, 0.717) is 36.9 Å². The normalized spacial score (nSPS) is 15.0. The number of nitrogens with two attached hydrogens (primary N) is 1. The molecule has 23 heavy (non-hydrogen) atoms. The van der Waals surface area contributed by atoms with Gasteiger partial charge in [-0.25, -0.2) is 9.78 Å². The van der Waals surface area contributed by atoms with Gasteiger partial charge in [-0.3, -0.25) is 4.79 Å². The maximum absolute atomic E-state index is 11.8. The molecule has 1 saturated carbocycles. The van der Waals surface area contributed by atoms with E-state index in [1.165, 1.54) is 25.5 Å². The van der Waals surface area contributed by atoms with Crippen LogP contribution in [-0.4, -0.2) is 29.5 Å². The highest BCUT2D eigenvalue weighted by atomic mass is 16.2. The molecule has 1 heterocycles. The van der Waals surface area contributed by atoms with E-state index in [-0.39, 0.29) is 11.9 Å². The molecule has 0 aliphatic heterocycles. The zero-order chi connectivity index (χ0) is 16.5. The number of nitrogen functional groups attached to an aromatic ring is 1. The van der Waals surface area contributed by atoms with Gasteiger partial charge in [0.2, 0.25) is 5.91 Å². The van der Waals surface area contributed by atoms with Crippen LogP contribution in [0.5, 0.6) is 0 Å². The van der Waals surface area contributed by atoms with Crippen molar-refractivity contribution in [2.24, 2.45) is 0 Å². The van der Waals surface area contributed by atoms with Gasteiger partial charge in [0.1, 0.15) is 5.82 Å². The average Bonchev–Trinajstić information content (AvgIpc) is 2.55. The molecule has 0 bridgehead atoms. The highest BCUT2D eigenvalue weighted by Gasteiger charge is 2.15. The summed E-state index contributed by atoms with van der Waals surface area (Å²) in [6.45, 7) is 0.478. The Labute approximate surface area is 136 Å². The summed E-state index contributed by atoms with van der Waals surface area (Å²) in [6, 6.07) is 3.49. The van der Waals surface area contributed by atoms with Crippen molar-refractivity contribution in [2.75, 3.05) is 17.6 Å². The van der Waals surface area contributed by atoms with Crippen molar-refractivity contribution in [3.05, 3.63) is 18.3 Å². The number of nitrogens with one attached hydrogen (secondary N) is 3. The standard InChI is InChI=1S/C16H25N5O2/c17-14-9-8-13(11-19-14)20-15(22)7-4-10-18-16(23)21-12-5-2-1-3-6-12/h8-9,11-12H,1-7,10H2,(H2,17,19)(H,20,22)(H2,18,21,23). The summed E-state index contributed by atoms with van der Waals surface area (Å²) in [5.74, 6) is 0.308. The topological polar surface area (TPSA) is 109 Å². The maximum atomic E-state index is 11.8. The van der Waals surface area contributed by atoms with E-state index >= 15 is 0 Å². The molecule has 7 heteroatoms. The molecule has 126 valence electrons. The van der Waals surface area contributed by atoms with E-state index in [9.17, 15) is 9.59 Å². The van der Waals surface area contributed by atoms with E-state index in [1.54, 1.807) is 12.1 Å². The van der Waals surface area contributed by atoms with Crippen LogP contribution in [0.1, 0.15) is 44.9 Å². The number of hydrogen-bond donors (Lipinski definition) is 4. The van der Waals surface area contributed by atoms with Crippen LogP contribution in [0.2, 0.25) is 0 Å². The highest BCUT2D eigenvalue weighted by molar-refractivity contribution is 5.90. The van der Waals surface area contributed by atoms with E-state index in [0.717, 1.165) is 12.8 Å². The zero-order valence-corrected chi connectivity index (χ0v) is 13.3. The van der Waals surface area contributed by atoms with Crippen LogP contribution in [0.25, 0.3) is 0 Å². The smallest absolute Gasteiger partial charge is 0.315 e. The largest absolute Gasteiger partial charge is 0.384 e. The number of urea groups is 1. The quantitative estimate of drug-likeness (QED) is 0.601. The van der Waals surface area contributed by atoms with Crippen molar-refractivity contribution in [3.63, 3.8) is 0 Å². The Morgan fingerprint density at radius 3 is 2.70 bits per heavy atom. The van der Waals surface area contributed by atoms with Gasteiger partial charge in [-0.15, -0.1) is 0 Å². The minimum absolute atomic E-state index is 0.105. The molecule has 3 amide bonds. The summed E-state index contributed by atoms with van der Waals surface area (Å²) < 4.78 is 0. The molecular formula is C16H25N5O2. The number of anilines is 2. The van der Waals surface area contributed by atoms with E-state index < -0.39 is 0 Å². The first-order chi connectivity index (χ1) is 11.1. The highest BCUT2D eigenvalue weighted by Crippen LogP contribution is 2.17. The molecule has 0 saturated heterocycles. The molecule has 1 fully saturated rings. The maximum Gasteiger partial charge on any atom is 0.315 e. The van der Waals surface area contributed by atoms with Gasteiger partial charge < -0.3 is 21.7 Å². The van der Waals surface area contributed by atoms with Crippen LogP contribution in [0, 0.1) is 0 Å². The molecule has 0 aromatic carbocycles. The van der Waals surface area contributed by atoms with Gasteiger partial charge >= 0.3 is 6.03 Å². The minimum Gasteiger partial charge on any atom is -0.384 e. The van der Waals surface area contributed by atoms with Gasteiger partial charge in [0.05, 0.1) is 11.9 Å². The van der Waals surface area contributed by atoms with Gasteiger partial charge in [-0.1, -0.05) is 19.3 Å². The summed E-state index contributed by atoms with van der Waals surface area (Å²) in [5, 5.41) is 8.52. The fraction of sp³-hybridized carbons (Fsp3) is 0.562. The summed E-state index contributed by atoms with van der Waals surface area (Å²) in [6.07, 6.45) is 8.20. The lowest BCUT2D eigenvalue weighted by Gasteiger charge is -2.22. The lowest BCUT2D eigenvalue weighted by Crippen LogP contribution is -2.43. The fourth-order valence-electron chi connectivity index (χ4n) is 2.64. The van der Waals surface area contributed by atoms with E-state index in [1.807, 2.05) is 0 Å². The van der Waals surface area contributed by atoms with Crippen LogP contribution in [0.3, 0.4) is 0 Å². The molecule has 5 N–H and O–H groups in total. The zero-order valence-electron chi connectivity index (χ0n) is 13.3. The number of carbonyl (C=O) groups is 2. The van der Waals surface area contributed by atoms with Gasteiger partial charge in [-0.05, 0) is 31.4 Å². The van der Waals surface area contributed by atoms with E-state index in [2.05, 4.69) is 20.9 Å². The third-order valence-electron chi connectivity index (χ3n) is 3.88. The van der Waals surface area contributed by atoms with Crippen molar-refractivity contribution >= 4 is 23.4 Å². The third-order valence-corrected chi connectivity index (χ3v) is 3.88. The third kappa shape index (κ3) is 6.54. The summed E-state index contributed by atoms with van der Waals surface area (Å²) in [7, 11) is 0. The predicted molar refractivity (Wildman–Crippen MR) is 89.9 cm³/mol. The Morgan fingerprint density at radius 2 is 2.00 bits per heavy atom. The van der Waals surface area contributed by atoms with Crippen LogP contribution in [-0.2, 0) is 4.79 Å². The monoisotopic (exact) mass is 319 g/mol. The molecule has 0 spiro atoms. The molecule has 1 aliphatic rings. The van der Waals surface area contributed by atoms with Gasteiger partial charge in [0.25, 0.3) is 0 Å². The number of hydrogen-bond acceptors (Lipinski definition) is 4. The summed E-state index contributed by atoms with van der Waals surface area (Å²) >= 11 is 0. The lowest BCUT2D eigenvalue weighted by molar-refractivity contribution is -0.116. The van der Waals surface area contributed by atoms with Crippen molar-refractivity contribution in [1.29, 1.82) is 0 Å². The molecule has 0 atom stereocenters. The number of nitrogens with zero attached hydrogens (tertiary/aromatic N) is 1.